The minimum Gasteiger partial charge on any atom is -0.490 e. The molecule has 1 N–H and O–H groups in total. The van der Waals surface area contributed by atoms with Crippen LogP contribution in [0.4, 0.5) is 0 Å². The number of hydrogen-bond acceptors (Lipinski definition) is 5. The zero-order valence-electron chi connectivity index (χ0n) is 15.9. The summed E-state index contributed by atoms with van der Waals surface area (Å²) in [7, 11) is 0. The van der Waals surface area contributed by atoms with E-state index in [0.29, 0.717) is 40.3 Å². The van der Waals surface area contributed by atoms with Crippen LogP contribution < -0.4 is 14.9 Å². The molecule has 0 fully saturated rings. The van der Waals surface area contributed by atoms with Crippen LogP contribution in [0.15, 0.2) is 40.3 Å². The number of carbonyl (C=O) groups excluding carboxylic acids is 1. The standard InChI is InChI=1S/C20H22Cl2N2O3S/c1-4-26-17-9-13(8-16(22)20(17)27-5-2)12-23-24-19(25)11-14-10-15(21)6-7-18(14)28-3/h6-10,12H,4-5,11H2,1-3H3,(H,24,25)/b23-12-. The number of hydrogen-bond donors (Lipinski definition) is 1. The molecule has 150 valence electrons. The van der Waals surface area contributed by atoms with Gasteiger partial charge in [0.15, 0.2) is 11.5 Å². The van der Waals surface area contributed by atoms with E-state index < -0.39 is 0 Å². The SMILES string of the molecule is CCOc1cc(/C=N\NC(=O)Cc2cc(Cl)ccc2SC)cc(Cl)c1OCC. The van der Waals surface area contributed by atoms with Crippen molar-refractivity contribution in [1.29, 1.82) is 0 Å². The predicted octanol–water partition coefficient (Wildman–Crippen LogP) is 5.21. The van der Waals surface area contributed by atoms with E-state index in [0.717, 1.165) is 10.5 Å². The first kappa shape index (κ1) is 22.4. The number of thioether (sulfide) groups is 1. The molecule has 0 heterocycles. The molecular weight excluding hydrogens is 419 g/mol. The van der Waals surface area contributed by atoms with Crippen molar-refractivity contribution in [3.05, 3.63) is 51.5 Å². The van der Waals surface area contributed by atoms with Crippen molar-refractivity contribution < 1.29 is 14.3 Å². The van der Waals surface area contributed by atoms with Crippen LogP contribution in [-0.4, -0.2) is 31.6 Å². The minimum absolute atomic E-state index is 0.183. The molecule has 0 aliphatic heterocycles. The predicted molar refractivity (Wildman–Crippen MR) is 116 cm³/mol. The lowest BCUT2D eigenvalue weighted by Crippen LogP contribution is -2.20. The molecule has 0 aliphatic rings. The number of amides is 1. The molecule has 0 saturated carbocycles. The third-order valence-electron chi connectivity index (χ3n) is 3.62. The van der Waals surface area contributed by atoms with Crippen LogP contribution in [0.5, 0.6) is 11.5 Å². The maximum absolute atomic E-state index is 12.2. The minimum atomic E-state index is -0.240. The second kappa shape index (κ2) is 11.2. The van der Waals surface area contributed by atoms with Gasteiger partial charge in [0, 0.05) is 9.92 Å². The Morgan fingerprint density at radius 1 is 1.18 bits per heavy atom. The maximum atomic E-state index is 12.2. The van der Waals surface area contributed by atoms with E-state index in [4.69, 9.17) is 32.7 Å². The Morgan fingerprint density at radius 3 is 2.61 bits per heavy atom. The van der Waals surface area contributed by atoms with Gasteiger partial charge >= 0.3 is 0 Å². The van der Waals surface area contributed by atoms with Gasteiger partial charge in [-0.2, -0.15) is 5.10 Å². The van der Waals surface area contributed by atoms with Crippen molar-refractivity contribution >= 4 is 47.1 Å². The molecule has 0 bridgehead atoms. The lowest BCUT2D eigenvalue weighted by atomic mass is 10.1. The molecule has 0 aromatic heterocycles. The second-order valence-corrected chi connectivity index (χ2v) is 7.31. The summed E-state index contributed by atoms with van der Waals surface area (Å²) in [6, 6.07) is 8.96. The highest BCUT2D eigenvalue weighted by molar-refractivity contribution is 7.98. The normalized spacial score (nSPS) is 10.9. The molecule has 0 spiro atoms. The molecule has 2 aromatic carbocycles. The van der Waals surface area contributed by atoms with Crippen LogP contribution in [0.25, 0.3) is 0 Å². The van der Waals surface area contributed by atoms with Gasteiger partial charge in [0.05, 0.1) is 30.9 Å². The number of benzene rings is 2. The van der Waals surface area contributed by atoms with Crippen LogP contribution >= 0.6 is 35.0 Å². The molecule has 0 atom stereocenters. The van der Waals surface area contributed by atoms with Crippen molar-refractivity contribution in [1.82, 2.24) is 5.43 Å². The topological polar surface area (TPSA) is 59.9 Å². The molecule has 8 heteroatoms. The number of rotatable bonds is 9. The molecule has 0 radical (unpaired) electrons. The van der Waals surface area contributed by atoms with E-state index in [1.165, 1.54) is 6.21 Å². The third kappa shape index (κ3) is 6.33. The lowest BCUT2D eigenvalue weighted by molar-refractivity contribution is -0.120. The van der Waals surface area contributed by atoms with Crippen molar-refractivity contribution in [2.24, 2.45) is 5.10 Å². The summed E-state index contributed by atoms with van der Waals surface area (Å²) in [5, 5.41) is 5.03. The van der Waals surface area contributed by atoms with Crippen molar-refractivity contribution in [3.63, 3.8) is 0 Å². The molecule has 5 nitrogen and oxygen atoms in total. The van der Waals surface area contributed by atoms with E-state index in [9.17, 15) is 4.79 Å². The fourth-order valence-corrected chi connectivity index (χ4v) is 3.55. The number of hydrazone groups is 1. The monoisotopic (exact) mass is 440 g/mol. The number of ether oxygens (including phenoxy) is 2. The summed E-state index contributed by atoms with van der Waals surface area (Å²) in [4.78, 5) is 13.2. The molecule has 0 saturated heterocycles. The van der Waals surface area contributed by atoms with Crippen LogP contribution in [-0.2, 0) is 11.2 Å². The van der Waals surface area contributed by atoms with Gasteiger partial charge in [-0.25, -0.2) is 5.43 Å². The van der Waals surface area contributed by atoms with Gasteiger partial charge in [0.1, 0.15) is 0 Å². The Hall–Kier alpha value is -1.89. The molecule has 2 rings (SSSR count). The van der Waals surface area contributed by atoms with E-state index in [1.54, 1.807) is 36.0 Å². The first-order valence-corrected chi connectivity index (χ1v) is 10.7. The van der Waals surface area contributed by atoms with E-state index >= 15 is 0 Å². The van der Waals surface area contributed by atoms with Crippen LogP contribution in [0.3, 0.4) is 0 Å². The van der Waals surface area contributed by atoms with Gasteiger partial charge in [-0.3, -0.25) is 4.79 Å². The van der Waals surface area contributed by atoms with E-state index in [2.05, 4.69) is 10.5 Å². The number of halogens is 2. The fraction of sp³-hybridized carbons (Fsp3) is 0.300. The summed E-state index contributed by atoms with van der Waals surface area (Å²) in [5.74, 6) is 0.793. The summed E-state index contributed by atoms with van der Waals surface area (Å²) in [6.45, 7) is 4.71. The van der Waals surface area contributed by atoms with E-state index in [-0.39, 0.29) is 12.3 Å². The van der Waals surface area contributed by atoms with Crippen LogP contribution in [0.1, 0.15) is 25.0 Å². The Bertz CT molecular complexity index is 860. The Morgan fingerprint density at radius 2 is 1.93 bits per heavy atom. The lowest BCUT2D eigenvalue weighted by Gasteiger charge is -2.13. The summed E-state index contributed by atoms with van der Waals surface area (Å²) < 4.78 is 11.1. The Labute approximate surface area is 179 Å². The summed E-state index contributed by atoms with van der Waals surface area (Å²) >= 11 is 13.9. The first-order valence-electron chi connectivity index (χ1n) is 8.71. The average molecular weight is 441 g/mol. The second-order valence-electron chi connectivity index (χ2n) is 5.62. The van der Waals surface area contributed by atoms with Crippen molar-refractivity contribution in [3.8, 4) is 11.5 Å². The van der Waals surface area contributed by atoms with Gasteiger partial charge < -0.3 is 9.47 Å². The first-order chi connectivity index (χ1) is 13.5. The molecular formula is C20H22Cl2N2O3S. The quantitative estimate of drug-likeness (QED) is 0.330. The average Bonchev–Trinajstić information content (AvgIpc) is 2.65. The van der Waals surface area contributed by atoms with Crippen LogP contribution in [0, 0.1) is 0 Å². The Kier molecular flexibility index (Phi) is 8.96. The van der Waals surface area contributed by atoms with E-state index in [1.807, 2.05) is 26.2 Å². The highest BCUT2D eigenvalue weighted by Crippen LogP contribution is 2.36. The highest BCUT2D eigenvalue weighted by Gasteiger charge is 2.12. The smallest absolute Gasteiger partial charge is 0.244 e. The maximum Gasteiger partial charge on any atom is 0.244 e. The van der Waals surface area contributed by atoms with Crippen molar-refractivity contribution in [2.45, 2.75) is 25.2 Å². The largest absolute Gasteiger partial charge is 0.490 e. The number of nitrogens with one attached hydrogen (secondary N) is 1. The fourth-order valence-electron chi connectivity index (χ4n) is 2.49. The molecule has 28 heavy (non-hydrogen) atoms. The number of nitrogens with zero attached hydrogens (tertiary/aromatic N) is 1. The molecule has 0 unspecified atom stereocenters. The third-order valence-corrected chi connectivity index (χ3v) is 4.97. The van der Waals surface area contributed by atoms with Gasteiger partial charge in [0.25, 0.3) is 0 Å². The van der Waals surface area contributed by atoms with Gasteiger partial charge in [-0.1, -0.05) is 23.2 Å². The highest BCUT2D eigenvalue weighted by atomic mass is 35.5. The molecule has 1 amide bonds. The van der Waals surface area contributed by atoms with Gasteiger partial charge in [-0.15, -0.1) is 11.8 Å². The zero-order chi connectivity index (χ0) is 20.5. The van der Waals surface area contributed by atoms with Crippen LogP contribution in [0.2, 0.25) is 10.0 Å². The van der Waals surface area contributed by atoms with Crippen molar-refractivity contribution in [2.75, 3.05) is 19.5 Å². The molecule has 2 aromatic rings. The zero-order valence-corrected chi connectivity index (χ0v) is 18.2. The van der Waals surface area contributed by atoms with Gasteiger partial charge in [0.2, 0.25) is 5.91 Å². The van der Waals surface area contributed by atoms with Gasteiger partial charge in [-0.05, 0) is 61.6 Å². The summed E-state index contributed by atoms with van der Waals surface area (Å²) in [6.07, 6.45) is 3.65. The molecule has 0 aliphatic carbocycles. The number of carbonyl (C=O) groups is 1. The Balaban J connectivity index is 2.08. The summed E-state index contributed by atoms with van der Waals surface area (Å²) in [5.41, 5.74) is 4.07.